The minimum atomic E-state index is -0.0883. The molecule has 6 heteroatoms. The first-order valence-electron chi connectivity index (χ1n) is 8.66. The van der Waals surface area contributed by atoms with Crippen LogP contribution >= 0.6 is 0 Å². The number of nitrogens with zero attached hydrogens (tertiary/aromatic N) is 2. The summed E-state index contributed by atoms with van der Waals surface area (Å²) in [5, 5.41) is 7.38. The molecule has 2 rings (SSSR count). The molecule has 1 atom stereocenters. The molecule has 2 aromatic rings. The molecule has 0 unspecified atom stereocenters. The lowest BCUT2D eigenvalue weighted by Gasteiger charge is -2.16. The van der Waals surface area contributed by atoms with E-state index in [0.29, 0.717) is 36.8 Å². The van der Waals surface area contributed by atoms with E-state index in [1.807, 2.05) is 57.5 Å². The summed E-state index contributed by atoms with van der Waals surface area (Å²) in [5.41, 5.74) is 2.62. The van der Waals surface area contributed by atoms with Gasteiger partial charge in [0.2, 0.25) is 5.91 Å². The molecular weight excluding hydrogens is 318 g/mol. The third kappa shape index (κ3) is 4.98. The summed E-state index contributed by atoms with van der Waals surface area (Å²) in [5.74, 6) is 1.25. The van der Waals surface area contributed by atoms with Crippen LogP contribution in [-0.4, -0.2) is 28.9 Å². The molecule has 1 amide bonds. The summed E-state index contributed by atoms with van der Waals surface area (Å²) in [4.78, 5) is 12.5. The van der Waals surface area contributed by atoms with Crippen molar-refractivity contribution in [2.45, 2.75) is 47.1 Å². The molecule has 0 saturated heterocycles. The minimum absolute atomic E-state index is 0.0284. The SMILES string of the molecule is CCOc1ccc(OCC)c(NC(=O)C[C@@H](C)n2nc(C)cc2C)c1. The molecule has 0 radical (unpaired) electrons. The van der Waals surface area contributed by atoms with Crippen molar-refractivity contribution in [2.24, 2.45) is 0 Å². The quantitative estimate of drug-likeness (QED) is 0.788. The number of carbonyl (C=O) groups excluding carboxylic acids is 1. The number of hydrogen-bond acceptors (Lipinski definition) is 4. The number of aryl methyl sites for hydroxylation is 2. The van der Waals surface area contributed by atoms with Gasteiger partial charge >= 0.3 is 0 Å². The van der Waals surface area contributed by atoms with Gasteiger partial charge in [-0.3, -0.25) is 9.48 Å². The highest BCUT2D eigenvalue weighted by atomic mass is 16.5. The Balaban J connectivity index is 2.10. The zero-order valence-electron chi connectivity index (χ0n) is 15.6. The average molecular weight is 345 g/mol. The molecular formula is C19H27N3O3. The molecule has 1 aromatic carbocycles. The van der Waals surface area contributed by atoms with E-state index in [4.69, 9.17) is 9.47 Å². The summed E-state index contributed by atoms with van der Waals surface area (Å²) in [6.07, 6.45) is 0.326. The second kappa shape index (κ2) is 8.55. The lowest BCUT2D eigenvalue weighted by molar-refractivity contribution is -0.116. The maximum atomic E-state index is 12.5. The number of aromatic nitrogens is 2. The van der Waals surface area contributed by atoms with Crippen LogP contribution in [0, 0.1) is 13.8 Å². The Hall–Kier alpha value is -2.50. The van der Waals surface area contributed by atoms with Crippen molar-refractivity contribution in [1.82, 2.24) is 9.78 Å². The molecule has 1 N–H and O–H groups in total. The molecule has 0 bridgehead atoms. The fourth-order valence-electron chi connectivity index (χ4n) is 2.79. The van der Waals surface area contributed by atoms with Gasteiger partial charge in [-0.25, -0.2) is 0 Å². The molecule has 136 valence electrons. The van der Waals surface area contributed by atoms with Gasteiger partial charge in [-0.15, -0.1) is 0 Å². The van der Waals surface area contributed by atoms with E-state index in [1.54, 1.807) is 6.07 Å². The number of anilines is 1. The summed E-state index contributed by atoms with van der Waals surface area (Å²) >= 11 is 0. The van der Waals surface area contributed by atoms with Crippen molar-refractivity contribution in [3.05, 3.63) is 35.7 Å². The van der Waals surface area contributed by atoms with E-state index < -0.39 is 0 Å². The van der Waals surface area contributed by atoms with Crippen LogP contribution in [0.15, 0.2) is 24.3 Å². The van der Waals surface area contributed by atoms with Crippen molar-refractivity contribution in [2.75, 3.05) is 18.5 Å². The van der Waals surface area contributed by atoms with E-state index in [0.717, 1.165) is 11.4 Å². The van der Waals surface area contributed by atoms with E-state index in [1.165, 1.54) is 0 Å². The Kier molecular flexibility index (Phi) is 6.44. The summed E-state index contributed by atoms with van der Waals surface area (Å²) in [6.45, 7) is 10.9. The average Bonchev–Trinajstić information content (AvgIpc) is 2.89. The standard InChI is InChI=1S/C19H27N3O3/c1-6-24-16-8-9-18(25-7-2)17(12-16)20-19(23)11-15(5)22-14(4)10-13(3)21-22/h8-10,12,15H,6-7,11H2,1-5H3,(H,20,23)/t15-/m1/s1. The van der Waals surface area contributed by atoms with Crippen molar-refractivity contribution in [1.29, 1.82) is 0 Å². The highest BCUT2D eigenvalue weighted by Gasteiger charge is 2.16. The largest absolute Gasteiger partial charge is 0.494 e. The number of carbonyl (C=O) groups is 1. The molecule has 0 aliphatic carbocycles. The van der Waals surface area contributed by atoms with Crippen molar-refractivity contribution in [3.63, 3.8) is 0 Å². The van der Waals surface area contributed by atoms with Gasteiger partial charge in [0, 0.05) is 18.2 Å². The first kappa shape index (κ1) is 18.8. The molecule has 0 aliphatic rings. The van der Waals surface area contributed by atoms with Crippen LogP contribution in [0.2, 0.25) is 0 Å². The van der Waals surface area contributed by atoms with Gasteiger partial charge in [-0.05, 0) is 52.8 Å². The maximum Gasteiger partial charge on any atom is 0.226 e. The summed E-state index contributed by atoms with van der Waals surface area (Å²) in [6, 6.07) is 7.42. The molecule has 6 nitrogen and oxygen atoms in total. The third-order valence-electron chi connectivity index (χ3n) is 3.78. The molecule has 0 aliphatic heterocycles. The number of ether oxygens (including phenoxy) is 2. The Morgan fingerprint density at radius 3 is 2.52 bits per heavy atom. The first-order valence-corrected chi connectivity index (χ1v) is 8.66. The molecule has 25 heavy (non-hydrogen) atoms. The zero-order valence-corrected chi connectivity index (χ0v) is 15.6. The van der Waals surface area contributed by atoms with Gasteiger partial charge in [-0.2, -0.15) is 5.10 Å². The molecule has 1 heterocycles. The van der Waals surface area contributed by atoms with Crippen LogP contribution < -0.4 is 14.8 Å². The van der Waals surface area contributed by atoms with Gasteiger partial charge in [0.25, 0.3) is 0 Å². The first-order chi connectivity index (χ1) is 11.9. The molecule has 1 aromatic heterocycles. The summed E-state index contributed by atoms with van der Waals surface area (Å²) in [7, 11) is 0. The lowest BCUT2D eigenvalue weighted by atomic mass is 10.2. The van der Waals surface area contributed by atoms with Gasteiger partial charge in [-0.1, -0.05) is 0 Å². The lowest BCUT2D eigenvalue weighted by Crippen LogP contribution is -2.19. The van der Waals surface area contributed by atoms with Crippen molar-refractivity contribution in [3.8, 4) is 11.5 Å². The fraction of sp³-hybridized carbons (Fsp3) is 0.474. The smallest absolute Gasteiger partial charge is 0.226 e. The van der Waals surface area contributed by atoms with E-state index in [-0.39, 0.29) is 11.9 Å². The summed E-state index contributed by atoms with van der Waals surface area (Å²) < 4.78 is 13.0. The highest BCUT2D eigenvalue weighted by Crippen LogP contribution is 2.30. The molecule has 0 saturated carbocycles. The van der Waals surface area contributed by atoms with Gasteiger partial charge < -0.3 is 14.8 Å². The predicted octanol–water partition coefficient (Wildman–Crippen LogP) is 3.89. The Bertz CT molecular complexity index is 725. The van der Waals surface area contributed by atoms with Crippen molar-refractivity contribution >= 4 is 11.6 Å². The number of rotatable bonds is 8. The number of hydrogen-bond donors (Lipinski definition) is 1. The van der Waals surface area contributed by atoms with Crippen LogP contribution in [0.25, 0.3) is 0 Å². The zero-order chi connectivity index (χ0) is 18.4. The number of amides is 1. The van der Waals surface area contributed by atoms with E-state index in [2.05, 4.69) is 10.4 Å². The predicted molar refractivity (Wildman–Crippen MR) is 98.4 cm³/mol. The van der Waals surface area contributed by atoms with Gasteiger partial charge in [0.05, 0.1) is 30.6 Å². The molecule has 0 fully saturated rings. The second-order valence-electron chi connectivity index (χ2n) is 6.00. The third-order valence-corrected chi connectivity index (χ3v) is 3.78. The Morgan fingerprint density at radius 1 is 1.20 bits per heavy atom. The number of nitrogens with one attached hydrogen (secondary N) is 1. The van der Waals surface area contributed by atoms with Crippen LogP contribution in [0.3, 0.4) is 0 Å². The van der Waals surface area contributed by atoms with E-state index >= 15 is 0 Å². The molecule has 0 spiro atoms. The van der Waals surface area contributed by atoms with Crippen LogP contribution in [-0.2, 0) is 4.79 Å². The maximum absolute atomic E-state index is 12.5. The van der Waals surface area contributed by atoms with Crippen LogP contribution in [0.1, 0.15) is 44.6 Å². The topological polar surface area (TPSA) is 65.4 Å². The van der Waals surface area contributed by atoms with E-state index in [9.17, 15) is 4.79 Å². The van der Waals surface area contributed by atoms with Crippen LogP contribution in [0.4, 0.5) is 5.69 Å². The Labute approximate surface area is 149 Å². The van der Waals surface area contributed by atoms with Crippen molar-refractivity contribution < 1.29 is 14.3 Å². The van der Waals surface area contributed by atoms with Gasteiger partial charge in [0.1, 0.15) is 11.5 Å². The van der Waals surface area contributed by atoms with Gasteiger partial charge in [0.15, 0.2) is 0 Å². The second-order valence-corrected chi connectivity index (χ2v) is 6.00. The Morgan fingerprint density at radius 2 is 1.92 bits per heavy atom. The number of benzene rings is 1. The highest BCUT2D eigenvalue weighted by molar-refractivity contribution is 5.92. The van der Waals surface area contributed by atoms with Crippen LogP contribution in [0.5, 0.6) is 11.5 Å². The monoisotopic (exact) mass is 345 g/mol. The fourth-order valence-corrected chi connectivity index (χ4v) is 2.79. The normalized spacial score (nSPS) is 11.9. The minimum Gasteiger partial charge on any atom is -0.494 e.